The molecule has 0 aliphatic rings. The van der Waals surface area contributed by atoms with Gasteiger partial charge in [-0.1, -0.05) is 11.8 Å². The van der Waals surface area contributed by atoms with Crippen molar-refractivity contribution in [3.63, 3.8) is 0 Å². The van der Waals surface area contributed by atoms with Gasteiger partial charge in [-0.15, -0.1) is 0 Å². The van der Waals surface area contributed by atoms with Crippen molar-refractivity contribution in [2.24, 2.45) is 0 Å². The van der Waals surface area contributed by atoms with E-state index < -0.39 is 5.97 Å². The molecule has 0 atom stereocenters. The second kappa shape index (κ2) is 8.50. The maximum absolute atomic E-state index is 11.4. The summed E-state index contributed by atoms with van der Waals surface area (Å²) in [7, 11) is 9.97. The molecule has 0 saturated heterocycles. The lowest BCUT2D eigenvalue weighted by atomic mass is 10.5. The summed E-state index contributed by atoms with van der Waals surface area (Å²) in [6, 6.07) is 0. The fraction of sp³-hybridized carbons (Fsp3) is 0.833. The molecule has 0 heterocycles. The van der Waals surface area contributed by atoms with Gasteiger partial charge in [0.15, 0.2) is 5.12 Å². The van der Waals surface area contributed by atoms with E-state index >= 15 is 0 Å². The summed E-state index contributed by atoms with van der Waals surface area (Å²) in [5, 5.41) is -0.118. The summed E-state index contributed by atoms with van der Waals surface area (Å²) in [6.45, 7) is 1.93. The molecule has 0 amide bonds. The molecular weight excluding hydrogens is 252 g/mol. The van der Waals surface area contributed by atoms with Crippen LogP contribution in [0.5, 0.6) is 0 Å². The molecule has 0 rings (SSSR count). The van der Waals surface area contributed by atoms with Crippen LogP contribution in [0.15, 0.2) is 0 Å². The summed E-state index contributed by atoms with van der Waals surface area (Å²) in [6.07, 6.45) is -0.130. The van der Waals surface area contributed by atoms with Crippen LogP contribution < -0.4 is 0 Å². The molecule has 0 saturated carbocycles. The highest BCUT2D eigenvalue weighted by atomic mass is 32.2. The molecule has 106 valence electrons. The van der Waals surface area contributed by atoms with Crippen LogP contribution in [0.25, 0.3) is 0 Å². The van der Waals surface area contributed by atoms with E-state index in [1.165, 1.54) is 11.8 Å². The molecule has 0 fully saturated rings. The van der Waals surface area contributed by atoms with Gasteiger partial charge >= 0.3 is 5.97 Å². The standard InChI is InChI=1S/C12H25N2O3S/c1-13(2)6-9-18-12(16)10-11(15)17-8-7-14(3,4)5/h6-10H2,1-5H3/q+1. The van der Waals surface area contributed by atoms with E-state index in [0.717, 1.165) is 17.6 Å². The number of thioether (sulfide) groups is 1. The Morgan fingerprint density at radius 1 is 1.22 bits per heavy atom. The third-order valence-electron chi connectivity index (χ3n) is 2.12. The summed E-state index contributed by atoms with van der Waals surface area (Å²) in [5.41, 5.74) is 0. The predicted octanol–water partition coefficient (Wildman–Crippen LogP) is 0.447. The molecule has 6 heteroatoms. The molecular formula is C12H25N2O3S+. The van der Waals surface area contributed by atoms with Crippen LogP contribution in [0.1, 0.15) is 6.42 Å². The Balaban J connectivity index is 3.65. The number of ether oxygens (including phenoxy) is 1. The Kier molecular flexibility index (Phi) is 8.22. The number of carbonyl (C=O) groups is 2. The van der Waals surface area contributed by atoms with Crippen molar-refractivity contribution in [3.05, 3.63) is 0 Å². The smallest absolute Gasteiger partial charge is 0.314 e. The molecule has 0 aliphatic heterocycles. The Bertz CT molecular complexity index is 275. The number of rotatable bonds is 8. The zero-order chi connectivity index (χ0) is 14.2. The van der Waals surface area contributed by atoms with Crippen molar-refractivity contribution in [2.45, 2.75) is 6.42 Å². The highest BCUT2D eigenvalue weighted by molar-refractivity contribution is 8.13. The van der Waals surface area contributed by atoms with Crippen LogP contribution in [0.2, 0.25) is 0 Å². The Hall–Kier alpha value is -0.590. The van der Waals surface area contributed by atoms with Gasteiger partial charge in [0.05, 0.1) is 21.1 Å². The number of carbonyl (C=O) groups excluding carboxylic acids is 2. The first kappa shape index (κ1) is 17.4. The average molecular weight is 277 g/mol. The van der Waals surface area contributed by atoms with Crippen LogP contribution in [0.4, 0.5) is 0 Å². The topological polar surface area (TPSA) is 46.6 Å². The van der Waals surface area contributed by atoms with Gasteiger partial charge in [-0.25, -0.2) is 0 Å². The third-order valence-corrected chi connectivity index (χ3v) is 2.97. The first-order valence-electron chi connectivity index (χ1n) is 5.97. The molecule has 0 aromatic heterocycles. The highest BCUT2D eigenvalue weighted by Gasteiger charge is 2.13. The van der Waals surface area contributed by atoms with Gasteiger partial charge < -0.3 is 14.1 Å². The van der Waals surface area contributed by atoms with Gasteiger partial charge in [-0.05, 0) is 14.1 Å². The van der Waals surface area contributed by atoms with Crippen LogP contribution in [0, 0.1) is 0 Å². The fourth-order valence-electron chi connectivity index (χ4n) is 0.995. The van der Waals surface area contributed by atoms with Gasteiger partial charge in [-0.3, -0.25) is 9.59 Å². The minimum absolute atomic E-state index is 0.118. The molecule has 0 radical (unpaired) electrons. The lowest BCUT2D eigenvalue weighted by Gasteiger charge is -2.23. The van der Waals surface area contributed by atoms with Gasteiger partial charge in [0.25, 0.3) is 0 Å². The lowest BCUT2D eigenvalue weighted by Crippen LogP contribution is -2.38. The van der Waals surface area contributed by atoms with Crippen molar-refractivity contribution in [3.8, 4) is 0 Å². The van der Waals surface area contributed by atoms with Crippen LogP contribution in [-0.4, -0.2) is 81.2 Å². The summed E-state index contributed by atoms with van der Waals surface area (Å²) in [4.78, 5) is 24.8. The number of quaternary nitrogens is 1. The second-order valence-corrected chi connectivity index (χ2v) is 6.59. The zero-order valence-electron chi connectivity index (χ0n) is 12.1. The Morgan fingerprint density at radius 2 is 1.83 bits per heavy atom. The molecule has 0 aromatic rings. The van der Waals surface area contributed by atoms with Gasteiger partial charge in [0.2, 0.25) is 0 Å². The van der Waals surface area contributed by atoms with Crippen molar-refractivity contribution < 1.29 is 18.8 Å². The first-order valence-corrected chi connectivity index (χ1v) is 6.96. The van der Waals surface area contributed by atoms with Gasteiger partial charge in [0.1, 0.15) is 19.6 Å². The van der Waals surface area contributed by atoms with Crippen molar-refractivity contribution >= 4 is 22.8 Å². The predicted molar refractivity (Wildman–Crippen MR) is 74.5 cm³/mol. The van der Waals surface area contributed by atoms with E-state index in [-0.39, 0.29) is 11.5 Å². The maximum Gasteiger partial charge on any atom is 0.314 e. The largest absolute Gasteiger partial charge is 0.459 e. The van der Waals surface area contributed by atoms with E-state index in [1.807, 2.05) is 40.1 Å². The minimum Gasteiger partial charge on any atom is -0.459 e. The SMILES string of the molecule is CN(C)CCSC(=O)CC(=O)OCC[N+](C)(C)C. The van der Waals surface area contributed by atoms with E-state index in [0.29, 0.717) is 12.4 Å². The molecule has 0 bridgehead atoms. The highest BCUT2D eigenvalue weighted by Crippen LogP contribution is 2.06. The summed E-state index contributed by atoms with van der Waals surface area (Å²) in [5.74, 6) is 0.281. The molecule has 0 unspecified atom stereocenters. The number of hydrogen-bond donors (Lipinski definition) is 0. The molecule has 5 nitrogen and oxygen atoms in total. The first-order chi connectivity index (χ1) is 8.20. The molecule has 0 N–H and O–H groups in total. The third kappa shape index (κ3) is 11.9. The molecule has 0 spiro atoms. The van der Waals surface area contributed by atoms with Crippen LogP contribution in [0.3, 0.4) is 0 Å². The Morgan fingerprint density at radius 3 is 2.33 bits per heavy atom. The Labute approximate surface area is 114 Å². The van der Waals surface area contributed by atoms with E-state index in [1.54, 1.807) is 0 Å². The van der Waals surface area contributed by atoms with Gasteiger partial charge in [0, 0.05) is 12.3 Å². The molecule has 0 aliphatic carbocycles. The zero-order valence-corrected chi connectivity index (χ0v) is 12.9. The van der Waals surface area contributed by atoms with Crippen molar-refractivity contribution in [1.82, 2.24) is 4.90 Å². The summed E-state index contributed by atoms with van der Waals surface area (Å²) >= 11 is 1.19. The monoisotopic (exact) mass is 277 g/mol. The second-order valence-electron chi connectivity index (χ2n) is 5.43. The number of hydrogen-bond acceptors (Lipinski definition) is 5. The minimum atomic E-state index is -0.425. The number of esters is 1. The van der Waals surface area contributed by atoms with Crippen LogP contribution >= 0.6 is 11.8 Å². The molecule has 0 aromatic carbocycles. The van der Waals surface area contributed by atoms with Gasteiger partial charge in [-0.2, -0.15) is 0 Å². The average Bonchev–Trinajstić information content (AvgIpc) is 2.14. The molecule has 18 heavy (non-hydrogen) atoms. The van der Waals surface area contributed by atoms with Crippen molar-refractivity contribution in [1.29, 1.82) is 0 Å². The van der Waals surface area contributed by atoms with Crippen LogP contribution in [-0.2, 0) is 14.3 Å². The normalized spacial score (nSPS) is 11.7. The van der Waals surface area contributed by atoms with E-state index in [4.69, 9.17) is 4.74 Å². The maximum atomic E-state index is 11.4. The quantitative estimate of drug-likeness (QED) is 0.366. The lowest BCUT2D eigenvalue weighted by molar-refractivity contribution is -0.870. The number of nitrogens with zero attached hydrogens (tertiary/aromatic N) is 2. The number of likely N-dealkylation sites (N-methyl/N-ethyl adjacent to an activating group) is 1. The van der Waals surface area contributed by atoms with E-state index in [2.05, 4.69) is 0 Å². The van der Waals surface area contributed by atoms with E-state index in [9.17, 15) is 9.59 Å². The fourth-order valence-corrected chi connectivity index (χ4v) is 1.90. The van der Waals surface area contributed by atoms with Crippen molar-refractivity contribution in [2.75, 3.05) is 60.7 Å². The summed E-state index contributed by atoms with van der Waals surface area (Å²) < 4.78 is 5.75.